The van der Waals surface area contributed by atoms with Gasteiger partial charge in [-0.3, -0.25) is 9.89 Å². The predicted octanol–water partition coefficient (Wildman–Crippen LogP) is 1.97. The summed E-state index contributed by atoms with van der Waals surface area (Å²) in [5.74, 6) is 0.694. The SMILES string of the molecule is CN=C(NCCCN(C)CC(F)(F)F)NC1CC2CCC1O2.I. The molecule has 3 unspecified atom stereocenters. The summed E-state index contributed by atoms with van der Waals surface area (Å²) in [5.41, 5.74) is 0. The van der Waals surface area contributed by atoms with Gasteiger partial charge in [0.2, 0.25) is 0 Å². The van der Waals surface area contributed by atoms with Crippen molar-refractivity contribution in [3.63, 3.8) is 0 Å². The van der Waals surface area contributed by atoms with Crippen LogP contribution in [0.5, 0.6) is 0 Å². The van der Waals surface area contributed by atoms with Gasteiger partial charge in [0, 0.05) is 13.6 Å². The van der Waals surface area contributed by atoms with Crippen molar-refractivity contribution >= 4 is 29.9 Å². The normalized spacial score (nSPS) is 27.2. The monoisotopic (exact) mass is 450 g/mol. The van der Waals surface area contributed by atoms with Gasteiger partial charge in [-0.1, -0.05) is 0 Å². The molecule has 136 valence electrons. The molecular formula is C14H26F3IN4O. The van der Waals surface area contributed by atoms with Gasteiger partial charge in [-0.2, -0.15) is 13.2 Å². The van der Waals surface area contributed by atoms with E-state index < -0.39 is 12.7 Å². The summed E-state index contributed by atoms with van der Waals surface area (Å²) in [7, 11) is 3.17. The van der Waals surface area contributed by atoms with Crippen LogP contribution in [0, 0.1) is 0 Å². The van der Waals surface area contributed by atoms with E-state index in [0.717, 1.165) is 19.3 Å². The highest BCUT2D eigenvalue weighted by Crippen LogP contribution is 2.34. The van der Waals surface area contributed by atoms with Crippen molar-refractivity contribution < 1.29 is 17.9 Å². The lowest BCUT2D eigenvalue weighted by Gasteiger charge is -2.23. The molecule has 2 bridgehead atoms. The molecule has 2 saturated heterocycles. The highest BCUT2D eigenvalue weighted by atomic mass is 127. The average molecular weight is 450 g/mol. The maximum absolute atomic E-state index is 12.2. The number of nitrogens with zero attached hydrogens (tertiary/aromatic N) is 2. The van der Waals surface area contributed by atoms with Crippen molar-refractivity contribution in [2.75, 3.05) is 33.7 Å². The number of nitrogens with one attached hydrogen (secondary N) is 2. The topological polar surface area (TPSA) is 48.9 Å². The van der Waals surface area contributed by atoms with Gasteiger partial charge < -0.3 is 15.4 Å². The van der Waals surface area contributed by atoms with E-state index in [1.807, 2.05) is 0 Å². The van der Waals surface area contributed by atoms with Gasteiger partial charge in [-0.25, -0.2) is 0 Å². The van der Waals surface area contributed by atoms with Crippen LogP contribution in [0.15, 0.2) is 4.99 Å². The van der Waals surface area contributed by atoms with E-state index in [-0.39, 0.29) is 36.1 Å². The van der Waals surface area contributed by atoms with Crippen LogP contribution >= 0.6 is 24.0 Å². The van der Waals surface area contributed by atoms with Crippen molar-refractivity contribution in [3.8, 4) is 0 Å². The Morgan fingerprint density at radius 3 is 2.61 bits per heavy atom. The molecule has 0 spiro atoms. The molecular weight excluding hydrogens is 424 g/mol. The quantitative estimate of drug-likeness (QED) is 0.281. The summed E-state index contributed by atoms with van der Waals surface area (Å²) in [5, 5.41) is 6.49. The molecule has 0 saturated carbocycles. The minimum absolute atomic E-state index is 0. The molecule has 2 rings (SSSR count). The zero-order valence-electron chi connectivity index (χ0n) is 13.5. The largest absolute Gasteiger partial charge is 0.401 e. The number of alkyl halides is 3. The van der Waals surface area contributed by atoms with Crippen LogP contribution < -0.4 is 10.6 Å². The Morgan fingerprint density at radius 1 is 1.35 bits per heavy atom. The van der Waals surface area contributed by atoms with Crippen LogP contribution in [0.4, 0.5) is 13.2 Å². The van der Waals surface area contributed by atoms with Crippen molar-refractivity contribution in [2.24, 2.45) is 4.99 Å². The van der Waals surface area contributed by atoms with Crippen LogP contribution in [-0.4, -0.2) is 69.0 Å². The highest BCUT2D eigenvalue weighted by molar-refractivity contribution is 14.0. The van der Waals surface area contributed by atoms with Crippen LogP contribution in [0.2, 0.25) is 0 Å². The van der Waals surface area contributed by atoms with E-state index >= 15 is 0 Å². The lowest BCUT2D eigenvalue weighted by molar-refractivity contribution is -0.143. The molecule has 0 aliphatic carbocycles. The Bertz CT molecular complexity index is 395. The first-order valence-electron chi connectivity index (χ1n) is 7.75. The number of ether oxygens (including phenoxy) is 1. The first-order chi connectivity index (χ1) is 10.4. The molecule has 23 heavy (non-hydrogen) atoms. The van der Waals surface area contributed by atoms with Crippen molar-refractivity contribution in [3.05, 3.63) is 0 Å². The molecule has 2 N–H and O–H groups in total. The number of fused-ring (bicyclic) bond motifs is 2. The lowest BCUT2D eigenvalue weighted by Crippen LogP contribution is -2.47. The molecule has 2 aliphatic rings. The minimum atomic E-state index is -4.14. The molecule has 9 heteroatoms. The van der Waals surface area contributed by atoms with E-state index in [1.165, 1.54) is 11.9 Å². The van der Waals surface area contributed by atoms with E-state index in [2.05, 4.69) is 15.6 Å². The van der Waals surface area contributed by atoms with Crippen molar-refractivity contribution in [2.45, 2.75) is 50.1 Å². The second-order valence-electron chi connectivity index (χ2n) is 6.07. The smallest absolute Gasteiger partial charge is 0.373 e. The summed E-state index contributed by atoms with van der Waals surface area (Å²) in [6.07, 6.45) is 0.349. The fourth-order valence-corrected chi connectivity index (χ4v) is 3.10. The van der Waals surface area contributed by atoms with Crippen LogP contribution in [0.25, 0.3) is 0 Å². The Kier molecular flexibility index (Phi) is 8.36. The third-order valence-corrected chi connectivity index (χ3v) is 4.11. The Labute approximate surface area is 152 Å². The maximum Gasteiger partial charge on any atom is 0.401 e. The van der Waals surface area contributed by atoms with Gasteiger partial charge in [0.25, 0.3) is 0 Å². The number of hydrogen-bond acceptors (Lipinski definition) is 3. The lowest BCUT2D eigenvalue weighted by atomic mass is 9.96. The Morgan fingerprint density at radius 2 is 2.09 bits per heavy atom. The molecule has 3 atom stereocenters. The van der Waals surface area contributed by atoms with E-state index in [4.69, 9.17) is 4.74 Å². The number of aliphatic imine (C=N–C) groups is 1. The summed E-state index contributed by atoms with van der Waals surface area (Å²) in [4.78, 5) is 5.44. The van der Waals surface area contributed by atoms with Gasteiger partial charge in [0.05, 0.1) is 24.8 Å². The molecule has 2 aliphatic heterocycles. The molecule has 2 fully saturated rings. The summed E-state index contributed by atoms with van der Waals surface area (Å²) < 4.78 is 42.4. The third kappa shape index (κ3) is 7.00. The number of halogens is 4. The van der Waals surface area contributed by atoms with E-state index in [9.17, 15) is 13.2 Å². The molecule has 0 aromatic rings. The molecule has 0 aromatic heterocycles. The molecule has 5 nitrogen and oxygen atoms in total. The Balaban J connectivity index is 0.00000264. The third-order valence-electron chi connectivity index (χ3n) is 4.11. The summed E-state index contributed by atoms with van der Waals surface area (Å²) in [6, 6.07) is 0.290. The van der Waals surface area contributed by atoms with Crippen LogP contribution in [0.3, 0.4) is 0 Å². The van der Waals surface area contributed by atoms with Crippen molar-refractivity contribution in [1.82, 2.24) is 15.5 Å². The second kappa shape index (κ2) is 9.26. The first-order valence-corrected chi connectivity index (χ1v) is 7.75. The van der Waals surface area contributed by atoms with E-state index in [0.29, 0.717) is 31.6 Å². The fourth-order valence-electron chi connectivity index (χ4n) is 3.10. The molecule has 0 aromatic carbocycles. The predicted molar refractivity (Wildman–Crippen MR) is 94.4 cm³/mol. The zero-order chi connectivity index (χ0) is 16.2. The molecule has 0 amide bonds. The van der Waals surface area contributed by atoms with Gasteiger partial charge in [-0.05, 0) is 39.3 Å². The standard InChI is InChI=1S/C14H25F3N4O.HI/c1-18-13(20-11-8-10-4-5-12(11)22-10)19-6-3-7-21(2)9-14(15,16)17;/h10-12H,3-9H2,1-2H3,(H2,18,19,20);1H. The average Bonchev–Trinajstić information content (AvgIpc) is 3.02. The Hall–Kier alpha value is -0.290. The van der Waals surface area contributed by atoms with Gasteiger partial charge in [-0.15, -0.1) is 24.0 Å². The zero-order valence-corrected chi connectivity index (χ0v) is 15.9. The van der Waals surface area contributed by atoms with E-state index in [1.54, 1.807) is 7.05 Å². The molecule has 0 radical (unpaired) electrons. The minimum Gasteiger partial charge on any atom is -0.373 e. The van der Waals surface area contributed by atoms with Crippen LogP contribution in [0.1, 0.15) is 25.7 Å². The first kappa shape index (κ1) is 20.8. The van der Waals surface area contributed by atoms with Gasteiger partial charge in [0.1, 0.15) is 0 Å². The highest BCUT2D eigenvalue weighted by Gasteiger charge is 2.41. The van der Waals surface area contributed by atoms with Crippen molar-refractivity contribution in [1.29, 1.82) is 0 Å². The summed E-state index contributed by atoms with van der Waals surface area (Å²) >= 11 is 0. The number of guanidine groups is 1. The number of hydrogen-bond donors (Lipinski definition) is 2. The maximum atomic E-state index is 12.2. The van der Waals surface area contributed by atoms with Gasteiger partial charge in [0.15, 0.2) is 5.96 Å². The second-order valence-corrected chi connectivity index (χ2v) is 6.07. The van der Waals surface area contributed by atoms with Crippen LogP contribution in [-0.2, 0) is 4.74 Å². The van der Waals surface area contributed by atoms with Gasteiger partial charge >= 0.3 is 6.18 Å². The number of rotatable bonds is 6. The summed E-state index contributed by atoms with van der Waals surface area (Å²) in [6.45, 7) is 0.104. The fraction of sp³-hybridized carbons (Fsp3) is 0.929. The molecule has 2 heterocycles.